The number of nitrogen functional groups attached to an aromatic ring is 1. The van der Waals surface area contributed by atoms with E-state index in [2.05, 4.69) is 14.9 Å². The zero-order chi connectivity index (χ0) is 27.5. The number of piperidine rings is 1. The molecule has 3 aromatic rings. The van der Waals surface area contributed by atoms with E-state index < -0.39 is 11.4 Å². The molecule has 3 N–H and O–H groups in total. The molecule has 2 saturated heterocycles. The third kappa shape index (κ3) is 6.56. The Morgan fingerprint density at radius 1 is 1.07 bits per heavy atom. The number of hydrogen-bond acceptors (Lipinski definition) is 8. The molecule has 1 aliphatic carbocycles. The topological polar surface area (TPSA) is 103 Å². The van der Waals surface area contributed by atoms with Crippen molar-refractivity contribution in [1.29, 1.82) is 0 Å². The Labute approximate surface area is 237 Å². The van der Waals surface area contributed by atoms with Gasteiger partial charge in [0.25, 0.3) is 5.56 Å². The molecule has 0 radical (unpaired) electrons. The summed E-state index contributed by atoms with van der Waals surface area (Å²) in [6, 6.07) is 11.2. The molecule has 40 heavy (non-hydrogen) atoms. The number of rotatable bonds is 9. The Kier molecular flexibility index (Phi) is 8.46. The van der Waals surface area contributed by atoms with Gasteiger partial charge < -0.3 is 29.8 Å². The third-order valence-corrected chi connectivity index (χ3v) is 9.69. The third-order valence-electron chi connectivity index (χ3n) is 8.31. The minimum absolute atomic E-state index is 0.0142. The summed E-state index contributed by atoms with van der Waals surface area (Å²) in [5.74, 6) is 2.26. The molecule has 6 rings (SSSR count). The van der Waals surface area contributed by atoms with Crippen molar-refractivity contribution < 1.29 is 18.6 Å². The van der Waals surface area contributed by atoms with Gasteiger partial charge in [0, 0.05) is 55.2 Å². The number of nitrogens with zero attached hydrogens (tertiary/aromatic N) is 2. The van der Waals surface area contributed by atoms with E-state index in [1.54, 1.807) is 17.8 Å². The van der Waals surface area contributed by atoms with Crippen LogP contribution in [0.3, 0.4) is 0 Å². The molecule has 3 aliphatic rings. The van der Waals surface area contributed by atoms with Crippen LogP contribution in [-0.2, 0) is 10.5 Å². The van der Waals surface area contributed by atoms with E-state index in [9.17, 15) is 9.18 Å². The second-order valence-electron chi connectivity index (χ2n) is 11.2. The molecule has 0 spiro atoms. The Morgan fingerprint density at radius 3 is 2.58 bits per heavy atom. The minimum atomic E-state index is -0.597. The van der Waals surface area contributed by atoms with E-state index in [-0.39, 0.29) is 11.5 Å². The zero-order valence-corrected chi connectivity index (χ0v) is 23.5. The highest BCUT2D eigenvalue weighted by Gasteiger charge is 2.36. The van der Waals surface area contributed by atoms with E-state index in [0.29, 0.717) is 46.7 Å². The van der Waals surface area contributed by atoms with Crippen molar-refractivity contribution in [3.8, 4) is 11.5 Å². The first-order valence-electron chi connectivity index (χ1n) is 14.3. The van der Waals surface area contributed by atoms with Gasteiger partial charge in [0.05, 0.1) is 17.9 Å². The maximum atomic E-state index is 14.9. The molecular weight excluding hydrogens is 531 g/mol. The van der Waals surface area contributed by atoms with Crippen LogP contribution in [0.4, 0.5) is 10.1 Å². The Morgan fingerprint density at radius 2 is 1.82 bits per heavy atom. The van der Waals surface area contributed by atoms with Crippen molar-refractivity contribution in [3.05, 3.63) is 58.4 Å². The smallest absolute Gasteiger partial charge is 0.261 e. The summed E-state index contributed by atoms with van der Waals surface area (Å²) in [5, 5.41) is 0.473. The predicted octanol–water partition coefficient (Wildman–Crippen LogP) is 4.76. The predicted molar refractivity (Wildman–Crippen MR) is 156 cm³/mol. The lowest BCUT2D eigenvalue weighted by atomic mass is 9.85. The molecule has 214 valence electrons. The molecule has 1 aromatic heterocycles. The number of aromatic nitrogens is 2. The number of halogens is 1. The second-order valence-corrected chi connectivity index (χ2v) is 12.4. The minimum Gasteiger partial charge on any atom is -0.493 e. The van der Waals surface area contributed by atoms with Gasteiger partial charge in [-0.25, -0.2) is 9.37 Å². The average molecular weight is 569 g/mol. The van der Waals surface area contributed by atoms with Crippen molar-refractivity contribution in [1.82, 2.24) is 14.9 Å². The van der Waals surface area contributed by atoms with Crippen molar-refractivity contribution >= 4 is 28.4 Å². The van der Waals surface area contributed by atoms with Gasteiger partial charge in [0.2, 0.25) is 0 Å². The standard InChI is InChI=1S/C30H37FN4O4S/c31-26-15-23(16-27-29(26)30(36)34-28(33-27)18-40-25-7-11-37-12-8-25)38-17-19-5-9-35(10-6-19)21-13-24(14-21)39-22-3-1-20(32)2-4-22/h1-4,15-16,19,21,24-25H,5-14,17-18,32H2,(H,33,34,36). The molecule has 10 heteroatoms. The lowest BCUT2D eigenvalue weighted by molar-refractivity contribution is -0.00167. The summed E-state index contributed by atoms with van der Waals surface area (Å²) in [5.41, 5.74) is 6.40. The quantitative estimate of drug-likeness (QED) is 0.357. The zero-order valence-electron chi connectivity index (χ0n) is 22.6. The SMILES string of the molecule is Nc1ccc(OC2CC(N3CCC(COc4cc(F)c5c(=O)[nH]c(CSC6CCOCC6)nc5c4)CC3)C2)cc1. The van der Waals surface area contributed by atoms with Crippen molar-refractivity contribution in [2.24, 2.45) is 5.92 Å². The van der Waals surface area contributed by atoms with Gasteiger partial charge in [-0.3, -0.25) is 4.79 Å². The number of aromatic amines is 1. The van der Waals surface area contributed by atoms with E-state index in [0.717, 1.165) is 76.3 Å². The first kappa shape index (κ1) is 27.4. The van der Waals surface area contributed by atoms with Crippen LogP contribution in [0.15, 0.2) is 41.2 Å². The fourth-order valence-electron chi connectivity index (χ4n) is 5.81. The molecule has 0 bridgehead atoms. The fourth-order valence-corrected chi connectivity index (χ4v) is 6.86. The lowest BCUT2D eigenvalue weighted by Crippen LogP contribution is -2.52. The van der Waals surface area contributed by atoms with E-state index in [1.807, 2.05) is 24.3 Å². The summed E-state index contributed by atoms with van der Waals surface area (Å²) < 4.78 is 32.4. The van der Waals surface area contributed by atoms with Crippen LogP contribution in [0.1, 0.15) is 44.3 Å². The van der Waals surface area contributed by atoms with Gasteiger partial charge >= 0.3 is 0 Å². The number of nitrogens with two attached hydrogens (primary N) is 1. The lowest BCUT2D eigenvalue weighted by Gasteiger charge is -2.45. The summed E-state index contributed by atoms with van der Waals surface area (Å²) in [7, 11) is 0. The van der Waals surface area contributed by atoms with Gasteiger partial charge in [0.15, 0.2) is 0 Å². The van der Waals surface area contributed by atoms with Gasteiger partial charge in [-0.15, -0.1) is 0 Å². The Hall–Kier alpha value is -2.82. The number of anilines is 1. The molecule has 2 aliphatic heterocycles. The largest absolute Gasteiger partial charge is 0.493 e. The van der Waals surface area contributed by atoms with Crippen LogP contribution in [0, 0.1) is 11.7 Å². The van der Waals surface area contributed by atoms with Gasteiger partial charge in [-0.1, -0.05) is 0 Å². The summed E-state index contributed by atoms with van der Waals surface area (Å²) >= 11 is 1.76. The maximum Gasteiger partial charge on any atom is 0.261 e. The number of nitrogens with one attached hydrogen (secondary N) is 1. The van der Waals surface area contributed by atoms with Gasteiger partial charge in [-0.05, 0) is 69.0 Å². The van der Waals surface area contributed by atoms with Crippen LogP contribution < -0.4 is 20.8 Å². The van der Waals surface area contributed by atoms with E-state index >= 15 is 0 Å². The van der Waals surface area contributed by atoms with Crippen molar-refractivity contribution in [3.63, 3.8) is 0 Å². The summed E-state index contributed by atoms with van der Waals surface area (Å²) in [6.07, 6.45) is 6.43. The van der Waals surface area contributed by atoms with Crippen molar-refractivity contribution in [2.75, 3.05) is 38.6 Å². The summed E-state index contributed by atoms with van der Waals surface area (Å²) in [4.78, 5) is 22.5. The van der Waals surface area contributed by atoms with Crippen LogP contribution in [0.5, 0.6) is 11.5 Å². The molecule has 0 amide bonds. The number of benzene rings is 2. The second kappa shape index (κ2) is 12.4. The normalized spacial score (nSPS) is 22.7. The number of likely N-dealkylation sites (tertiary alicyclic amines) is 1. The Balaban J connectivity index is 0.981. The average Bonchev–Trinajstić information content (AvgIpc) is 2.94. The van der Waals surface area contributed by atoms with Crippen LogP contribution >= 0.6 is 11.8 Å². The maximum absolute atomic E-state index is 14.9. The molecular formula is C30H37FN4O4S. The summed E-state index contributed by atoms with van der Waals surface area (Å²) in [6.45, 7) is 4.13. The first-order valence-corrected chi connectivity index (χ1v) is 15.4. The number of hydrogen-bond donors (Lipinski definition) is 2. The highest BCUT2D eigenvalue weighted by molar-refractivity contribution is 7.99. The fraction of sp³-hybridized carbons (Fsp3) is 0.533. The molecule has 0 unspecified atom stereocenters. The van der Waals surface area contributed by atoms with Gasteiger partial charge in [-0.2, -0.15) is 11.8 Å². The number of ether oxygens (including phenoxy) is 3. The first-order chi connectivity index (χ1) is 19.5. The number of H-pyrrole nitrogens is 1. The number of fused-ring (bicyclic) bond motifs is 1. The van der Waals surface area contributed by atoms with Gasteiger partial charge in [0.1, 0.15) is 34.6 Å². The molecule has 3 heterocycles. The molecule has 3 fully saturated rings. The van der Waals surface area contributed by atoms with E-state index in [1.165, 1.54) is 6.07 Å². The number of thioether (sulfide) groups is 1. The van der Waals surface area contributed by atoms with Crippen molar-refractivity contribution in [2.45, 2.75) is 61.7 Å². The van der Waals surface area contributed by atoms with Crippen LogP contribution in [0.2, 0.25) is 0 Å². The highest BCUT2D eigenvalue weighted by Crippen LogP contribution is 2.33. The van der Waals surface area contributed by atoms with Crippen LogP contribution in [0.25, 0.3) is 10.9 Å². The molecule has 2 aromatic carbocycles. The highest BCUT2D eigenvalue weighted by atomic mass is 32.2. The Bertz CT molecular complexity index is 1350. The molecule has 0 atom stereocenters. The van der Waals surface area contributed by atoms with E-state index in [4.69, 9.17) is 19.9 Å². The molecule has 1 saturated carbocycles. The molecule has 8 nitrogen and oxygen atoms in total. The van der Waals surface area contributed by atoms with Crippen LogP contribution in [-0.4, -0.2) is 65.2 Å². The monoisotopic (exact) mass is 568 g/mol.